The molecule has 1 aliphatic carbocycles. The quantitative estimate of drug-likeness (QED) is 0.514. The highest BCUT2D eigenvalue weighted by atomic mass is 16.2. The number of aryl methyl sites for hydroxylation is 1. The van der Waals surface area contributed by atoms with Gasteiger partial charge in [0.2, 0.25) is 17.7 Å². The molecule has 3 rings (SSSR count). The molecule has 0 saturated carbocycles. The lowest BCUT2D eigenvalue weighted by Gasteiger charge is -2.32. The van der Waals surface area contributed by atoms with Crippen LogP contribution >= 0.6 is 0 Å². The zero-order valence-corrected chi connectivity index (χ0v) is 20.6. The standard InChI is InChI=1S/C14H23N3O.C12H14N2O2/c1-5-17(6-2)13-9-7-12(8-10-13)15-11-14(18)16(3)4;13-10(15)12(11(14)16)6-5-8-3-1-2-4-9(8)7-12/h7-10,15H,5-6,11H2,1-4H3;1-4H,5-7H2,(H2,13,15)(H2,14,16). The maximum Gasteiger partial charge on any atom is 0.241 e. The first-order chi connectivity index (χ1) is 16.1. The smallest absolute Gasteiger partial charge is 0.241 e. The highest BCUT2D eigenvalue weighted by Gasteiger charge is 2.45. The Kier molecular flexibility index (Phi) is 9.47. The van der Waals surface area contributed by atoms with E-state index >= 15 is 0 Å². The van der Waals surface area contributed by atoms with Crippen molar-refractivity contribution in [3.8, 4) is 0 Å². The van der Waals surface area contributed by atoms with Gasteiger partial charge in [0.25, 0.3) is 0 Å². The van der Waals surface area contributed by atoms with E-state index in [1.807, 2.05) is 36.4 Å². The number of hydrogen-bond acceptors (Lipinski definition) is 5. The van der Waals surface area contributed by atoms with Crippen molar-refractivity contribution in [1.82, 2.24) is 4.90 Å². The Hall–Kier alpha value is -3.55. The lowest BCUT2D eigenvalue weighted by molar-refractivity contribution is -0.140. The van der Waals surface area contributed by atoms with E-state index in [2.05, 4.69) is 36.2 Å². The first kappa shape index (κ1) is 26.7. The van der Waals surface area contributed by atoms with Gasteiger partial charge in [0.15, 0.2) is 0 Å². The second kappa shape index (κ2) is 12.1. The van der Waals surface area contributed by atoms with E-state index in [0.717, 1.165) is 24.3 Å². The van der Waals surface area contributed by atoms with Crippen molar-refractivity contribution in [3.63, 3.8) is 0 Å². The minimum absolute atomic E-state index is 0.0721. The van der Waals surface area contributed by atoms with E-state index < -0.39 is 17.2 Å². The summed E-state index contributed by atoms with van der Waals surface area (Å²) in [6.07, 6.45) is 1.41. The maximum atomic E-state index is 11.4. The summed E-state index contributed by atoms with van der Waals surface area (Å²) in [5.41, 5.74) is 13.8. The number of carbonyl (C=O) groups excluding carboxylic acids is 3. The second-order valence-corrected chi connectivity index (χ2v) is 8.62. The molecule has 184 valence electrons. The lowest BCUT2D eigenvalue weighted by Crippen LogP contribution is -2.51. The molecule has 3 amide bonds. The molecular formula is C26H37N5O3. The van der Waals surface area contributed by atoms with Gasteiger partial charge in [-0.25, -0.2) is 0 Å². The van der Waals surface area contributed by atoms with Gasteiger partial charge in [-0.3, -0.25) is 14.4 Å². The van der Waals surface area contributed by atoms with Crippen molar-refractivity contribution in [1.29, 1.82) is 0 Å². The number of likely N-dealkylation sites (N-methyl/N-ethyl adjacent to an activating group) is 1. The number of hydrogen-bond donors (Lipinski definition) is 3. The van der Waals surface area contributed by atoms with Gasteiger partial charge in [-0.1, -0.05) is 24.3 Å². The number of amides is 3. The topological polar surface area (TPSA) is 122 Å². The number of nitrogens with one attached hydrogen (secondary N) is 1. The Morgan fingerprint density at radius 1 is 0.912 bits per heavy atom. The van der Waals surface area contributed by atoms with Gasteiger partial charge in [0.1, 0.15) is 5.41 Å². The minimum atomic E-state index is -1.20. The highest BCUT2D eigenvalue weighted by Crippen LogP contribution is 2.35. The van der Waals surface area contributed by atoms with Gasteiger partial charge >= 0.3 is 0 Å². The summed E-state index contributed by atoms with van der Waals surface area (Å²) in [4.78, 5) is 38.2. The van der Waals surface area contributed by atoms with Crippen LogP contribution in [0.15, 0.2) is 48.5 Å². The average molecular weight is 468 g/mol. The Morgan fingerprint density at radius 2 is 1.47 bits per heavy atom. The molecule has 0 heterocycles. The van der Waals surface area contributed by atoms with E-state index in [0.29, 0.717) is 25.8 Å². The third-order valence-corrected chi connectivity index (χ3v) is 6.31. The monoisotopic (exact) mass is 467 g/mol. The molecule has 0 spiro atoms. The molecule has 8 nitrogen and oxygen atoms in total. The predicted molar refractivity (Wildman–Crippen MR) is 136 cm³/mol. The molecule has 0 atom stereocenters. The summed E-state index contributed by atoms with van der Waals surface area (Å²) in [5.74, 6) is -1.16. The van der Waals surface area contributed by atoms with E-state index in [9.17, 15) is 14.4 Å². The molecule has 0 aromatic heterocycles. The van der Waals surface area contributed by atoms with Crippen molar-refractivity contribution >= 4 is 29.1 Å². The summed E-state index contributed by atoms with van der Waals surface area (Å²) >= 11 is 0. The molecule has 2 aromatic rings. The molecule has 8 heteroatoms. The molecular weight excluding hydrogens is 430 g/mol. The predicted octanol–water partition coefficient (Wildman–Crippen LogP) is 2.17. The van der Waals surface area contributed by atoms with Crippen LogP contribution in [0.1, 0.15) is 31.4 Å². The van der Waals surface area contributed by atoms with Crippen molar-refractivity contribution in [2.24, 2.45) is 16.9 Å². The van der Waals surface area contributed by atoms with Crippen molar-refractivity contribution in [2.45, 2.75) is 33.1 Å². The maximum absolute atomic E-state index is 11.4. The molecule has 1 aliphatic rings. The molecule has 0 unspecified atom stereocenters. The first-order valence-corrected chi connectivity index (χ1v) is 11.6. The SMILES string of the molecule is CCN(CC)c1ccc(NCC(=O)N(C)C)cc1.NC(=O)C1(C(N)=O)CCc2ccccc2C1. The van der Waals surface area contributed by atoms with E-state index in [1.165, 1.54) is 11.3 Å². The summed E-state index contributed by atoms with van der Waals surface area (Å²) in [5, 5.41) is 3.12. The highest BCUT2D eigenvalue weighted by molar-refractivity contribution is 6.04. The third-order valence-electron chi connectivity index (χ3n) is 6.31. The number of anilines is 2. The van der Waals surface area contributed by atoms with E-state index in [4.69, 9.17) is 11.5 Å². The number of nitrogens with two attached hydrogens (primary N) is 2. The van der Waals surface area contributed by atoms with Gasteiger partial charge < -0.3 is 26.6 Å². The van der Waals surface area contributed by atoms with Crippen molar-refractivity contribution in [2.75, 3.05) is 43.9 Å². The number of primary amides is 2. The molecule has 0 bridgehead atoms. The van der Waals surface area contributed by atoms with E-state index in [-0.39, 0.29) is 5.91 Å². The van der Waals surface area contributed by atoms with Crippen molar-refractivity contribution in [3.05, 3.63) is 59.7 Å². The van der Waals surface area contributed by atoms with Gasteiger partial charge in [-0.05, 0) is 68.5 Å². The fourth-order valence-electron chi connectivity index (χ4n) is 3.99. The Morgan fingerprint density at radius 3 is 1.97 bits per heavy atom. The zero-order chi connectivity index (χ0) is 25.3. The number of carbonyl (C=O) groups is 3. The van der Waals surface area contributed by atoms with Crippen LogP contribution < -0.4 is 21.7 Å². The second-order valence-electron chi connectivity index (χ2n) is 8.62. The van der Waals surface area contributed by atoms with Gasteiger partial charge in [-0.15, -0.1) is 0 Å². The van der Waals surface area contributed by atoms with Gasteiger partial charge in [0, 0.05) is 38.6 Å². The normalized spacial score (nSPS) is 13.5. The molecule has 0 aliphatic heterocycles. The summed E-state index contributed by atoms with van der Waals surface area (Å²) in [7, 11) is 3.51. The average Bonchev–Trinajstić information content (AvgIpc) is 2.83. The molecule has 34 heavy (non-hydrogen) atoms. The lowest BCUT2D eigenvalue weighted by atomic mass is 9.70. The minimum Gasteiger partial charge on any atom is -0.376 e. The summed E-state index contributed by atoms with van der Waals surface area (Å²) in [6, 6.07) is 15.9. The third kappa shape index (κ3) is 6.50. The first-order valence-electron chi connectivity index (χ1n) is 11.6. The van der Waals surface area contributed by atoms with Crippen LogP contribution in [0, 0.1) is 5.41 Å². The number of nitrogens with zero attached hydrogens (tertiary/aromatic N) is 2. The molecule has 0 radical (unpaired) electrons. The Balaban J connectivity index is 0.000000241. The molecule has 0 fully saturated rings. The number of benzene rings is 2. The Bertz CT molecular complexity index is 970. The van der Waals surface area contributed by atoms with Crippen LogP contribution in [0.25, 0.3) is 0 Å². The number of rotatable bonds is 8. The fraction of sp³-hybridized carbons (Fsp3) is 0.423. The van der Waals surface area contributed by atoms with Gasteiger partial charge in [-0.2, -0.15) is 0 Å². The van der Waals surface area contributed by atoms with Crippen LogP contribution in [0.5, 0.6) is 0 Å². The Labute approximate surface area is 202 Å². The fourth-order valence-corrected chi connectivity index (χ4v) is 3.99. The van der Waals surface area contributed by atoms with Gasteiger partial charge in [0.05, 0.1) is 6.54 Å². The molecule has 2 aromatic carbocycles. The van der Waals surface area contributed by atoms with Crippen LogP contribution in [-0.2, 0) is 27.2 Å². The van der Waals surface area contributed by atoms with Crippen LogP contribution in [0.4, 0.5) is 11.4 Å². The molecule has 5 N–H and O–H groups in total. The zero-order valence-electron chi connectivity index (χ0n) is 20.6. The van der Waals surface area contributed by atoms with Crippen LogP contribution in [0.2, 0.25) is 0 Å². The summed E-state index contributed by atoms with van der Waals surface area (Å²) < 4.78 is 0. The van der Waals surface area contributed by atoms with Crippen LogP contribution in [0.3, 0.4) is 0 Å². The van der Waals surface area contributed by atoms with E-state index in [1.54, 1.807) is 19.0 Å². The largest absolute Gasteiger partial charge is 0.376 e. The summed E-state index contributed by atoms with van der Waals surface area (Å²) in [6.45, 7) is 6.62. The number of fused-ring (bicyclic) bond motifs is 1. The van der Waals surface area contributed by atoms with Crippen molar-refractivity contribution < 1.29 is 14.4 Å². The molecule has 0 saturated heterocycles. The van der Waals surface area contributed by atoms with Crippen LogP contribution in [-0.4, -0.2) is 56.4 Å².